The van der Waals surface area contributed by atoms with E-state index in [2.05, 4.69) is 260 Å². The first kappa shape index (κ1) is 37.6. The summed E-state index contributed by atoms with van der Waals surface area (Å²) in [5, 5.41) is 0. The second kappa shape index (κ2) is 17.3. The lowest BCUT2D eigenvalue weighted by atomic mass is 10.00. The molecule has 9 rings (SSSR count). The lowest BCUT2D eigenvalue weighted by molar-refractivity contribution is 1.28. The molecule has 0 saturated heterocycles. The van der Waals surface area contributed by atoms with Gasteiger partial charge in [-0.15, -0.1) is 0 Å². The molecular formula is C58H44N2. The second-order valence-electron chi connectivity index (χ2n) is 14.8. The third kappa shape index (κ3) is 8.09. The van der Waals surface area contributed by atoms with E-state index in [9.17, 15) is 0 Å². The predicted octanol–water partition coefficient (Wildman–Crippen LogP) is 16.5. The molecule has 0 saturated carbocycles. The van der Waals surface area contributed by atoms with Crippen LogP contribution in [0.25, 0.3) is 50.1 Å². The first-order valence-electron chi connectivity index (χ1n) is 20.3. The summed E-state index contributed by atoms with van der Waals surface area (Å²) >= 11 is 0. The molecule has 0 radical (unpaired) electrons. The summed E-state index contributed by atoms with van der Waals surface area (Å²) in [6.45, 7) is 8.05. The first-order valence-corrected chi connectivity index (χ1v) is 20.3. The molecule has 0 spiro atoms. The highest BCUT2D eigenvalue weighted by atomic mass is 15.1. The molecule has 0 unspecified atom stereocenters. The Morgan fingerprint density at radius 2 is 0.483 bits per heavy atom. The van der Waals surface area contributed by atoms with Crippen LogP contribution >= 0.6 is 0 Å². The zero-order valence-corrected chi connectivity index (χ0v) is 33.4. The molecule has 9 aromatic rings. The van der Waals surface area contributed by atoms with Gasteiger partial charge in [-0.3, -0.25) is 0 Å². The smallest absolute Gasteiger partial charge is 0.0462 e. The Morgan fingerprint density at radius 1 is 0.267 bits per heavy atom. The van der Waals surface area contributed by atoms with Crippen molar-refractivity contribution >= 4 is 39.7 Å². The number of hydrogen-bond acceptors (Lipinski definition) is 2. The Kier molecular flexibility index (Phi) is 10.8. The molecule has 286 valence electrons. The van der Waals surface area contributed by atoms with Crippen LogP contribution in [0.4, 0.5) is 34.1 Å². The zero-order chi connectivity index (χ0) is 40.7. The number of para-hydroxylation sites is 1. The Balaban J connectivity index is 0.983. The second-order valence-corrected chi connectivity index (χ2v) is 14.8. The average Bonchev–Trinajstić information content (AvgIpc) is 3.33. The van der Waals surface area contributed by atoms with Crippen molar-refractivity contribution in [2.24, 2.45) is 0 Å². The molecule has 0 aliphatic heterocycles. The summed E-state index contributed by atoms with van der Waals surface area (Å²) in [5.74, 6) is 0. The van der Waals surface area contributed by atoms with Crippen molar-refractivity contribution in [1.82, 2.24) is 0 Å². The molecule has 0 aromatic heterocycles. The summed E-state index contributed by atoms with van der Waals surface area (Å²) in [6.07, 6.45) is 1.80. The molecule has 2 nitrogen and oxygen atoms in total. The molecule has 0 fully saturated rings. The lowest BCUT2D eigenvalue weighted by Crippen LogP contribution is -2.10. The van der Waals surface area contributed by atoms with Crippen LogP contribution in [0.1, 0.15) is 5.56 Å². The van der Waals surface area contributed by atoms with Gasteiger partial charge in [-0.25, -0.2) is 0 Å². The van der Waals surface area contributed by atoms with Gasteiger partial charge < -0.3 is 9.80 Å². The van der Waals surface area contributed by atoms with Gasteiger partial charge in [-0.2, -0.15) is 0 Å². The van der Waals surface area contributed by atoms with E-state index in [0.717, 1.165) is 56.4 Å². The average molecular weight is 769 g/mol. The summed E-state index contributed by atoms with van der Waals surface area (Å²) < 4.78 is 0. The van der Waals surface area contributed by atoms with Crippen molar-refractivity contribution in [2.75, 3.05) is 9.80 Å². The lowest BCUT2D eigenvalue weighted by Gasteiger charge is -2.26. The van der Waals surface area contributed by atoms with Gasteiger partial charge in [0.2, 0.25) is 0 Å². The largest absolute Gasteiger partial charge is 0.311 e. The molecule has 0 aliphatic carbocycles. The standard InChI is InChI=1S/C58H44N2/c1-3-43(2)44-23-33-54(34-24-44)60(57-35-25-49(26-36-57)46-15-9-5-10-16-46)58-41-31-52(32-42-58)51-29-39-56(40-30-51)59(53-17-11-6-12-18-53)55-37-27-50(28-38-55)48-21-19-47(20-22-48)45-13-7-4-8-14-45/h3-42H,1-2H2. The first-order chi connectivity index (χ1) is 29.6. The molecule has 0 N–H and O–H groups in total. The highest BCUT2D eigenvalue weighted by Gasteiger charge is 2.16. The van der Waals surface area contributed by atoms with Gasteiger partial charge in [0.1, 0.15) is 0 Å². The number of benzene rings is 9. The van der Waals surface area contributed by atoms with Crippen LogP contribution in [0, 0.1) is 0 Å². The summed E-state index contributed by atoms with van der Waals surface area (Å²) in [7, 11) is 0. The van der Waals surface area contributed by atoms with E-state index in [4.69, 9.17) is 0 Å². The van der Waals surface area contributed by atoms with Crippen LogP contribution in [0.2, 0.25) is 0 Å². The molecular weight excluding hydrogens is 725 g/mol. The van der Waals surface area contributed by atoms with Crippen molar-refractivity contribution in [3.8, 4) is 44.5 Å². The van der Waals surface area contributed by atoms with Gasteiger partial charge in [0.25, 0.3) is 0 Å². The highest BCUT2D eigenvalue weighted by Crippen LogP contribution is 2.39. The number of allylic oxidation sites excluding steroid dienone is 2. The van der Waals surface area contributed by atoms with E-state index in [1.54, 1.807) is 6.08 Å². The number of rotatable bonds is 12. The van der Waals surface area contributed by atoms with Crippen molar-refractivity contribution in [3.63, 3.8) is 0 Å². The summed E-state index contributed by atoms with van der Waals surface area (Å²) in [6, 6.07) is 84.2. The molecule has 9 aromatic carbocycles. The normalized spacial score (nSPS) is 10.8. The maximum absolute atomic E-state index is 4.15. The van der Waals surface area contributed by atoms with Crippen LogP contribution < -0.4 is 9.80 Å². The van der Waals surface area contributed by atoms with Crippen molar-refractivity contribution in [1.29, 1.82) is 0 Å². The Morgan fingerprint density at radius 3 is 0.767 bits per heavy atom. The Bertz CT molecular complexity index is 2810. The fourth-order valence-corrected chi connectivity index (χ4v) is 7.74. The van der Waals surface area contributed by atoms with E-state index in [1.807, 2.05) is 0 Å². The van der Waals surface area contributed by atoms with E-state index in [0.29, 0.717) is 0 Å². The van der Waals surface area contributed by atoms with Gasteiger partial charge >= 0.3 is 0 Å². The zero-order valence-electron chi connectivity index (χ0n) is 33.4. The van der Waals surface area contributed by atoms with Crippen molar-refractivity contribution in [3.05, 3.63) is 261 Å². The fourth-order valence-electron chi connectivity index (χ4n) is 7.74. The van der Waals surface area contributed by atoms with Gasteiger partial charge in [-0.1, -0.05) is 183 Å². The minimum absolute atomic E-state index is 0.904. The van der Waals surface area contributed by atoms with Gasteiger partial charge in [0.15, 0.2) is 0 Å². The number of hydrogen-bond donors (Lipinski definition) is 0. The monoisotopic (exact) mass is 768 g/mol. The van der Waals surface area contributed by atoms with Crippen LogP contribution in [0.5, 0.6) is 0 Å². The molecule has 0 bridgehead atoms. The molecule has 0 atom stereocenters. The molecule has 2 heteroatoms. The predicted molar refractivity (Wildman–Crippen MR) is 257 cm³/mol. The van der Waals surface area contributed by atoms with Crippen LogP contribution in [-0.4, -0.2) is 0 Å². The van der Waals surface area contributed by atoms with Gasteiger partial charge in [0, 0.05) is 34.1 Å². The van der Waals surface area contributed by atoms with Crippen LogP contribution in [0.15, 0.2) is 256 Å². The minimum Gasteiger partial charge on any atom is -0.311 e. The van der Waals surface area contributed by atoms with Gasteiger partial charge in [0.05, 0.1) is 0 Å². The van der Waals surface area contributed by atoms with Crippen LogP contribution in [-0.2, 0) is 0 Å². The van der Waals surface area contributed by atoms with E-state index < -0.39 is 0 Å². The number of nitrogens with zero attached hydrogens (tertiary/aromatic N) is 2. The van der Waals surface area contributed by atoms with E-state index in [-0.39, 0.29) is 0 Å². The Hall–Kier alpha value is -7.94. The molecule has 0 aliphatic rings. The van der Waals surface area contributed by atoms with Crippen LogP contribution in [0.3, 0.4) is 0 Å². The van der Waals surface area contributed by atoms with Crippen molar-refractivity contribution < 1.29 is 0 Å². The third-order valence-corrected chi connectivity index (χ3v) is 11.0. The number of anilines is 6. The quantitative estimate of drug-likeness (QED) is 0.114. The minimum atomic E-state index is 0.904. The SMILES string of the molecule is C=CC(=C)c1ccc(N(c2ccc(-c3ccccc3)cc2)c2ccc(-c3ccc(N(c4ccccc4)c4ccc(-c5ccc(-c6ccccc6)cc5)cc4)cc3)cc2)cc1. The maximum Gasteiger partial charge on any atom is 0.0462 e. The highest BCUT2D eigenvalue weighted by molar-refractivity contribution is 5.83. The maximum atomic E-state index is 4.15. The molecule has 0 heterocycles. The third-order valence-electron chi connectivity index (χ3n) is 11.0. The molecule has 60 heavy (non-hydrogen) atoms. The Labute approximate surface area is 353 Å². The molecule has 0 amide bonds. The van der Waals surface area contributed by atoms with Crippen molar-refractivity contribution in [2.45, 2.75) is 0 Å². The van der Waals surface area contributed by atoms with Gasteiger partial charge in [-0.05, 0) is 128 Å². The van der Waals surface area contributed by atoms with E-state index >= 15 is 0 Å². The summed E-state index contributed by atoms with van der Waals surface area (Å²) in [5.41, 5.74) is 18.0. The summed E-state index contributed by atoms with van der Waals surface area (Å²) in [4.78, 5) is 4.61. The topological polar surface area (TPSA) is 6.48 Å². The van der Waals surface area contributed by atoms with E-state index in [1.165, 1.54) is 33.4 Å². The fraction of sp³-hybridized carbons (Fsp3) is 0.